The average molecular weight is 174 g/mol. The van der Waals surface area contributed by atoms with Crippen LogP contribution in [0.1, 0.15) is 49.7 Å². The topological polar surface area (TPSA) is 0 Å². The van der Waals surface area contributed by atoms with Gasteiger partial charge in [-0.1, -0.05) is 37.6 Å². The van der Waals surface area contributed by atoms with Crippen LogP contribution in [0.15, 0.2) is 24.3 Å². The summed E-state index contributed by atoms with van der Waals surface area (Å²) in [7, 11) is 0. The smallest absolute Gasteiger partial charge is 0.0159 e. The van der Waals surface area contributed by atoms with Gasteiger partial charge in [-0.05, 0) is 42.7 Å². The van der Waals surface area contributed by atoms with Gasteiger partial charge < -0.3 is 0 Å². The van der Waals surface area contributed by atoms with Crippen molar-refractivity contribution in [2.24, 2.45) is 0 Å². The zero-order valence-electron chi connectivity index (χ0n) is 8.42. The predicted molar refractivity (Wildman–Crippen MR) is 57.0 cm³/mol. The molecule has 0 radical (unpaired) electrons. The maximum absolute atomic E-state index is 2.33. The minimum absolute atomic E-state index is 0.856. The van der Waals surface area contributed by atoms with E-state index in [4.69, 9.17) is 0 Å². The van der Waals surface area contributed by atoms with E-state index in [1.54, 1.807) is 11.1 Å². The summed E-state index contributed by atoms with van der Waals surface area (Å²) in [6, 6.07) is 8.99. The van der Waals surface area contributed by atoms with Gasteiger partial charge in [0.1, 0.15) is 0 Å². The molecule has 13 heavy (non-hydrogen) atoms. The second-order valence-electron chi connectivity index (χ2n) is 4.08. The first-order valence-electron chi connectivity index (χ1n) is 5.49. The Labute approximate surface area is 81.0 Å². The Morgan fingerprint density at radius 1 is 1.31 bits per heavy atom. The second kappa shape index (κ2) is 3.95. The van der Waals surface area contributed by atoms with Crippen molar-refractivity contribution in [1.29, 1.82) is 0 Å². The Hall–Kier alpha value is -0.780. The van der Waals surface area contributed by atoms with Crippen LogP contribution in [-0.4, -0.2) is 0 Å². The van der Waals surface area contributed by atoms with Gasteiger partial charge in [-0.2, -0.15) is 0 Å². The van der Waals surface area contributed by atoms with E-state index in [-0.39, 0.29) is 0 Å². The van der Waals surface area contributed by atoms with Crippen molar-refractivity contribution in [3.8, 4) is 0 Å². The van der Waals surface area contributed by atoms with Crippen molar-refractivity contribution in [2.45, 2.75) is 44.9 Å². The molecule has 70 valence electrons. The van der Waals surface area contributed by atoms with E-state index in [0.717, 1.165) is 5.92 Å². The first-order chi connectivity index (χ1) is 6.42. The molecule has 0 aliphatic heterocycles. The van der Waals surface area contributed by atoms with Crippen LogP contribution >= 0.6 is 0 Å². The summed E-state index contributed by atoms with van der Waals surface area (Å²) in [5.74, 6) is 0.856. The number of aryl methyl sites for hydroxylation is 1. The van der Waals surface area contributed by atoms with Gasteiger partial charge in [0, 0.05) is 0 Å². The lowest BCUT2D eigenvalue weighted by Gasteiger charge is -2.24. The number of fused-ring (bicyclic) bond motifs is 1. The van der Waals surface area contributed by atoms with Crippen LogP contribution < -0.4 is 0 Å². The van der Waals surface area contributed by atoms with Crippen LogP contribution in [0.3, 0.4) is 0 Å². The standard InChI is InChI=1S/C13H18/c1-2-6-11-8-5-9-12-7-3-4-10-13(11)12/h3-4,7,10-11H,2,5-6,8-9H2,1H3/t11-/m0/s1. The van der Waals surface area contributed by atoms with Crippen molar-refractivity contribution in [2.75, 3.05) is 0 Å². The molecule has 1 aromatic rings. The highest BCUT2D eigenvalue weighted by Gasteiger charge is 2.18. The molecule has 0 bridgehead atoms. The van der Waals surface area contributed by atoms with E-state index in [9.17, 15) is 0 Å². The first kappa shape index (κ1) is 8.80. The lowest BCUT2D eigenvalue weighted by Crippen LogP contribution is -2.09. The minimum atomic E-state index is 0.856. The van der Waals surface area contributed by atoms with Crippen LogP contribution in [0.25, 0.3) is 0 Å². The van der Waals surface area contributed by atoms with E-state index in [1.165, 1.54) is 32.1 Å². The van der Waals surface area contributed by atoms with Crippen LogP contribution in [0.4, 0.5) is 0 Å². The third-order valence-electron chi connectivity index (χ3n) is 3.13. The zero-order chi connectivity index (χ0) is 9.10. The molecule has 0 saturated carbocycles. The maximum atomic E-state index is 2.33. The number of benzene rings is 1. The second-order valence-corrected chi connectivity index (χ2v) is 4.08. The molecule has 0 amide bonds. The third-order valence-corrected chi connectivity index (χ3v) is 3.13. The minimum Gasteiger partial charge on any atom is -0.0654 e. The zero-order valence-corrected chi connectivity index (χ0v) is 8.42. The molecule has 0 spiro atoms. The molecule has 1 aliphatic carbocycles. The van der Waals surface area contributed by atoms with Gasteiger partial charge in [-0.3, -0.25) is 0 Å². The van der Waals surface area contributed by atoms with Gasteiger partial charge in [0.15, 0.2) is 0 Å². The fourth-order valence-corrected chi connectivity index (χ4v) is 2.50. The Morgan fingerprint density at radius 3 is 3.00 bits per heavy atom. The molecule has 0 nitrogen and oxygen atoms in total. The molecule has 0 N–H and O–H groups in total. The van der Waals surface area contributed by atoms with E-state index in [2.05, 4.69) is 31.2 Å². The molecule has 0 heterocycles. The fraction of sp³-hybridized carbons (Fsp3) is 0.538. The summed E-state index contributed by atoms with van der Waals surface area (Å²) in [5, 5.41) is 0. The van der Waals surface area contributed by atoms with Gasteiger partial charge in [0.05, 0.1) is 0 Å². The molecule has 0 saturated heterocycles. The molecule has 0 heteroatoms. The Morgan fingerprint density at radius 2 is 2.15 bits per heavy atom. The van der Waals surface area contributed by atoms with Crippen molar-refractivity contribution in [1.82, 2.24) is 0 Å². The summed E-state index contributed by atoms with van der Waals surface area (Å²) >= 11 is 0. The van der Waals surface area contributed by atoms with Crippen LogP contribution in [0.2, 0.25) is 0 Å². The lowest BCUT2D eigenvalue weighted by molar-refractivity contribution is 0.515. The molecule has 1 atom stereocenters. The molecule has 1 aliphatic rings. The van der Waals surface area contributed by atoms with Crippen molar-refractivity contribution >= 4 is 0 Å². The van der Waals surface area contributed by atoms with Crippen molar-refractivity contribution < 1.29 is 0 Å². The number of hydrogen-bond donors (Lipinski definition) is 0. The first-order valence-corrected chi connectivity index (χ1v) is 5.49. The summed E-state index contributed by atoms with van der Waals surface area (Å²) in [4.78, 5) is 0. The van der Waals surface area contributed by atoms with Gasteiger partial charge in [0.25, 0.3) is 0 Å². The Balaban J connectivity index is 2.26. The summed E-state index contributed by atoms with van der Waals surface area (Å²) in [5.41, 5.74) is 3.24. The van der Waals surface area contributed by atoms with Gasteiger partial charge in [0.2, 0.25) is 0 Å². The largest absolute Gasteiger partial charge is 0.0654 e. The SMILES string of the molecule is CCC[C@H]1CCCc2ccccc21. The normalized spacial score (nSPS) is 21.2. The maximum Gasteiger partial charge on any atom is -0.0159 e. The average Bonchev–Trinajstić information content (AvgIpc) is 2.19. The van der Waals surface area contributed by atoms with Crippen LogP contribution in [0.5, 0.6) is 0 Å². The van der Waals surface area contributed by atoms with Crippen molar-refractivity contribution in [3.05, 3.63) is 35.4 Å². The van der Waals surface area contributed by atoms with Gasteiger partial charge in [-0.15, -0.1) is 0 Å². The van der Waals surface area contributed by atoms with E-state index < -0.39 is 0 Å². The van der Waals surface area contributed by atoms with Crippen molar-refractivity contribution in [3.63, 3.8) is 0 Å². The predicted octanol–water partition coefficient (Wildman–Crippen LogP) is 3.91. The molecule has 0 fully saturated rings. The van der Waals surface area contributed by atoms with Gasteiger partial charge >= 0.3 is 0 Å². The quantitative estimate of drug-likeness (QED) is 0.637. The molecule has 1 aromatic carbocycles. The monoisotopic (exact) mass is 174 g/mol. The third kappa shape index (κ3) is 1.77. The molecular formula is C13H18. The highest BCUT2D eigenvalue weighted by atomic mass is 14.2. The summed E-state index contributed by atoms with van der Waals surface area (Å²) in [6.45, 7) is 2.29. The highest BCUT2D eigenvalue weighted by Crippen LogP contribution is 2.34. The van der Waals surface area contributed by atoms with E-state index in [0.29, 0.717) is 0 Å². The lowest BCUT2D eigenvalue weighted by atomic mass is 9.81. The van der Waals surface area contributed by atoms with Crippen LogP contribution in [-0.2, 0) is 6.42 Å². The number of rotatable bonds is 2. The number of hydrogen-bond acceptors (Lipinski definition) is 0. The van der Waals surface area contributed by atoms with Crippen LogP contribution in [0, 0.1) is 0 Å². The summed E-state index contributed by atoms with van der Waals surface area (Å²) in [6.07, 6.45) is 6.79. The van der Waals surface area contributed by atoms with Gasteiger partial charge in [-0.25, -0.2) is 0 Å². The Kier molecular flexibility index (Phi) is 2.68. The van der Waals surface area contributed by atoms with E-state index in [1.807, 2.05) is 0 Å². The molecule has 0 aromatic heterocycles. The highest BCUT2D eigenvalue weighted by molar-refractivity contribution is 5.32. The summed E-state index contributed by atoms with van der Waals surface area (Å²) < 4.78 is 0. The molecular weight excluding hydrogens is 156 g/mol. The fourth-order valence-electron chi connectivity index (χ4n) is 2.50. The molecule has 2 rings (SSSR count). The molecule has 0 unspecified atom stereocenters. The van der Waals surface area contributed by atoms with E-state index >= 15 is 0 Å². The Bertz CT molecular complexity index is 275.